The van der Waals surface area contributed by atoms with Crippen LogP contribution in [0.1, 0.15) is 0 Å². The first-order valence-corrected chi connectivity index (χ1v) is 9.46. The Morgan fingerprint density at radius 1 is 0.769 bits per heavy atom. The number of rotatable bonds is 6. The van der Waals surface area contributed by atoms with E-state index in [-0.39, 0.29) is 6.61 Å². The lowest BCUT2D eigenvalue weighted by Gasteiger charge is -2.35. The van der Waals surface area contributed by atoms with Gasteiger partial charge in [-0.05, 0) is 12.1 Å². The zero-order chi connectivity index (χ0) is 17.9. The second kappa shape index (κ2) is 7.76. The molecule has 5 heteroatoms. The molecule has 0 amide bonds. The minimum Gasteiger partial charge on any atom is -0.395 e. The molecule has 0 aliphatic carbocycles. The lowest BCUT2D eigenvalue weighted by molar-refractivity contribution is 0.0601. The van der Waals surface area contributed by atoms with E-state index in [1.165, 1.54) is 21.8 Å². The number of nitrogens with zero attached hydrogens (tertiary/aromatic N) is 3. The number of aliphatic hydroxyl groups is 2. The van der Waals surface area contributed by atoms with Crippen molar-refractivity contribution >= 4 is 21.8 Å². The maximum atomic E-state index is 10.7. The second-order valence-electron chi connectivity index (χ2n) is 7.16. The van der Waals surface area contributed by atoms with Crippen molar-refractivity contribution in [3.05, 3.63) is 48.5 Å². The Morgan fingerprint density at radius 3 is 1.88 bits per heavy atom. The van der Waals surface area contributed by atoms with Crippen molar-refractivity contribution in [2.45, 2.75) is 12.6 Å². The van der Waals surface area contributed by atoms with Gasteiger partial charge in [0.15, 0.2) is 0 Å². The number of hydrogen-bond donors (Lipinski definition) is 2. The summed E-state index contributed by atoms with van der Waals surface area (Å²) >= 11 is 0. The summed E-state index contributed by atoms with van der Waals surface area (Å²) in [7, 11) is 0. The molecule has 0 saturated carbocycles. The highest BCUT2D eigenvalue weighted by atomic mass is 16.3. The summed E-state index contributed by atoms with van der Waals surface area (Å²) < 4.78 is 2.25. The highest BCUT2D eigenvalue weighted by Crippen LogP contribution is 2.28. The van der Waals surface area contributed by atoms with Gasteiger partial charge in [-0.2, -0.15) is 0 Å². The Labute approximate surface area is 154 Å². The maximum absolute atomic E-state index is 10.7. The average molecular weight is 353 g/mol. The van der Waals surface area contributed by atoms with Crippen LogP contribution in [0.3, 0.4) is 0 Å². The summed E-state index contributed by atoms with van der Waals surface area (Å²) in [4.78, 5) is 4.60. The number of piperazine rings is 1. The van der Waals surface area contributed by atoms with E-state index in [2.05, 4.69) is 62.9 Å². The molecule has 0 spiro atoms. The van der Waals surface area contributed by atoms with Gasteiger partial charge in [0.1, 0.15) is 0 Å². The molecule has 3 aromatic rings. The molecule has 2 aromatic carbocycles. The summed E-state index contributed by atoms with van der Waals surface area (Å²) in [6.45, 7) is 6.08. The third kappa shape index (κ3) is 3.48. The highest BCUT2D eigenvalue weighted by Gasteiger charge is 2.20. The van der Waals surface area contributed by atoms with E-state index in [1.54, 1.807) is 0 Å². The molecule has 5 nitrogen and oxygen atoms in total. The predicted octanol–water partition coefficient (Wildman–Crippen LogP) is 1.77. The van der Waals surface area contributed by atoms with E-state index in [0.717, 1.165) is 32.7 Å². The zero-order valence-electron chi connectivity index (χ0n) is 15.1. The van der Waals surface area contributed by atoms with Crippen molar-refractivity contribution in [3.63, 3.8) is 0 Å². The lowest BCUT2D eigenvalue weighted by atomic mass is 10.2. The van der Waals surface area contributed by atoms with E-state index in [0.29, 0.717) is 13.1 Å². The van der Waals surface area contributed by atoms with Crippen LogP contribution >= 0.6 is 0 Å². The number of hydrogen-bond acceptors (Lipinski definition) is 4. The summed E-state index contributed by atoms with van der Waals surface area (Å²) in [5.74, 6) is 0. The number of aliphatic hydroxyl groups excluding tert-OH is 2. The standard InChI is InChI=1S/C21H27N3O2/c25-14-13-22-9-11-23(12-10-22)15-17(26)16-24-20-7-3-1-5-18(20)19-6-2-4-8-21(19)24/h1-8,17,25-26H,9-16H2. The molecular formula is C21H27N3O2. The van der Waals surface area contributed by atoms with Crippen LogP contribution in [0.2, 0.25) is 0 Å². The first kappa shape index (κ1) is 17.5. The summed E-state index contributed by atoms with van der Waals surface area (Å²) in [6, 6.07) is 16.8. The van der Waals surface area contributed by atoms with Gasteiger partial charge in [0.2, 0.25) is 0 Å². The molecule has 26 heavy (non-hydrogen) atoms. The quantitative estimate of drug-likeness (QED) is 0.709. The van der Waals surface area contributed by atoms with Crippen LogP contribution in [-0.4, -0.2) is 76.6 Å². The molecule has 1 aliphatic rings. The van der Waals surface area contributed by atoms with E-state index in [4.69, 9.17) is 5.11 Å². The highest BCUT2D eigenvalue weighted by molar-refractivity contribution is 6.07. The molecule has 1 saturated heterocycles. The normalized spacial score (nSPS) is 17.9. The smallest absolute Gasteiger partial charge is 0.0845 e. The number of β-amino-alcohol motifs (C(OH)–C–C–N with tert-alkyl or cyclic N) is 2. The average Bonchev–Trinajstić information content (AvgIpc) is 2.98. The predicted molar refractivity (Wildman–Crippen MR) is 105 cm³/mol. The fraction of sp³-hybridized carbons (Fsp3) is 0.429. The van der Waals surface area contributed by atoms with Gasteiger partial charge in [-0.1, -0.05) is 36.4 Å². The minimum atomic E-state index is -0.404. The monoisotopic (exact) mass is 353 g/mol. The summed E-state index contributed by atoms with van der Waals surface area (Å²) in [5, 5.41) is 22.3. The van der Waals surface area contributed by atoms with Crippen molar-refractivity contribution in [2.75, 3.05) is 45.9 Å². The summed E-state index contributed by atoms with van der Waals surface area (Å²) in [6.07, 6.45) is -0.404. The molecular weight excluding hydrogens is 326 g/mol. The van der Waals surface area contributed by atoms with Crippen molar-refractivity contribution < 1.29 is 10.2 Å². The van der Waals surface area contributed by atoms with Gasteiger partial charge in [0.25, 0.3) is 0 Å². The van der Waals surface area contributed by atoms with Gasteiger partial charge in [-0.3, -0.25) is 9.80 Å². The third-order valence-corrected chi connectivity index (χ3v) is 5.42. The van der Waals surface area contributed by atoms with Crippen LogP contribution < -0.4 is 0 Å². The number of aromatic nitrogens is 1. The van der Waals surface area contributed by atoms with Gasteiger partial charge >= 0.3 is 0 Å². The molecule has 138 valence electrons. The Morgan fingerprint density at radius 2 is 1.31 bits per heavy atom. The van der Waals surface area contributed by atoms with Crippen LogP contribution in [0, 0.1) is 0 Å². The van der Waals surface area contributed by atoms with Crippen molar-refractivity contribution in [3.8, 4) is 0 Å². The third-order valence-electron chi connectivity index (χ3n) is 5.42. The van der Waals surface area contributed by atoms with E-state index in [9.17, 15) is 5.11 Å². The van der Waals surface area contributed by atoms with Crippen LogP contribution in [0.4, 0.5) is 0 Å². The topological polar surface area (TPSA) is 51.9 Å². The van der Waals surface area contributed by atoms with Crippen LogP contribution in [0.15, 0.2) is 48.5 Å². The van der Waals surface area contributed by atoms with Crippen molar-refractivity contribution in [1.29, 1.82) is 0 Å². The lowest BCUT2D eigenvalue weighted by Crippen LogP contribution is -2.49. The molecule has 4 rings (SSSR count). The number of fused-ring (bicyclic) bond motifs is 3. The molecule has 2 heterocycles. The maximum Gasteiger partial charge on any atom is 0.0845 e. The first-order valence-electron chi connectivity index (χ1n) is 9.46. The minimum absolute atomic E-state index is 0.219. The van der Waals surface area contributed by atoms with Crippen molar-refractivity contribution in [1.82, 2.24) is 14.4 Å². The number of para-hydroxylation sites is 2. The van der Waals surface area contributed by atoms with E-state index < -0.39 is 6.10 Å². The van der Waals surface area contributed by atoms with E-state index in [1.807, 2.05) is 0 Å². The fourth-order valence-corrected chi connectivity index (χ4v) is 4.10. The van der Waals surface area contributed by atoms with Crippen LogP contribution in [0.25, 0.3) is 21.8 Å². The summed E-state index contributed by atoms with van der Waals surface area (Å²) in [5.41, 5.74) is 2.36. The Balaban J connectivity index is 1.48. The van der Waals surface area contributed by atoms with Crippen molar-refractivity contribution in [2.24, 2.45) is 0 Å². The molecule has 0 bridgehead atoms. The Bertz CT molecular complexity index is 815. The Kier molecular flexibility index (Phi) is 5.22. The van der Waals surface area contributed by atoms with Gasteiger partial charge in [-0.15, -0.1) is 0 Å². The largest absolute Gasteiger partial charge is 0.395 e. The second-order valence-corrected chi connectivity index (χ2v) is 7.16. The molecule has 1 atom stereocenters. The van der Waals surface area contributed by atoms with Crippen LogP contribution in [-0.2, 0) is 6.54 Å². The number of benzene rings is 2. The van der Waals surface area contributed by atoms with Gasteiger partial charge < -0.3 is 14.8 Å². The zero-order valence-corrected chi connectivity index (χ0v) is 15.1. The van der Waals surface area contributed by atoms with Gasteiger partial charge in [-0.25, -0.2) is 0 Å². The Hall–Kier alpha value is -1.92. The first-order chi connectivity index (χ1) is 12.8. The fourth-order valence-electron chi connectivity index (χ4n) is 4.10. The molecule has 1 unspecified atom stereocenters. The SMILES string of the molecule is OCCN1CCN(CC(O)Cn2c3ccccc3c3ccccc32)CC1. The van der Waals surface area contributed by atoms with Crippen LogP contribution in [0.5, 0.6) is 0 Å². The van der Waals surface area contributed by atoms with Gasteiger partial charge in [0, 0.05) is 61.1 Å². The molecule has 1 fully saturated rings. The van der Waals surface area contributed by atoms with Gasteiger partial charge in [0.05, 0.1) is 19.3 Å². The molecule has 2 N–H and O–H groups in total. The molecule has 0 radical (unpaired) electrons. The van der Waals surface area contributed by atoms with E-state index >= 15 is 0 Å². The molecule has 1 aromatic heterocycles. The molecule has 1 aliphatic heterocycles.